The number of para-hydroxylation sites is 1. The maximum absolute atomic E-state index is 6.32. The van der Waals surface area contributed by atoms with Crippen molar-refractivity contribution in [2.75, 3.05) is 24.1 Å². The van der Waals surface area contributed by atoms with Gasteiger partial charge in [-0.15, -0.1) is 0 Å². The summed E-state index contributed by atoms with van der Waals surface area (Å²) >= 11 is 12.3. The van der Waals surface area contributed by atoms with E-state index in [4.69, 9.17) is 34.7 Å². The third kappa shape index (κ3) is 4.96. The number of hydrogen-bond acceptors (Lipinski definition) is 4. The molecule has 0 aliphatic rings. The highest BCUT2D eigenvalue weighted by Gasteiger charge is 2.13. The average Bonchev–Trinajstić information content (AvgIpc) is 2.68. The van der Waals surface area contributed by atoms with Crippen LogP contribution >= 0.6 is 23.2 Å². The van der Waals surface area contributed by atoms with Crippen LogP contribution in [0.3, 0.4) is 0 Å². The van der Waals surface area contributed by atoms with Crippen molar-refractivity contribution in [3.8, 4) is 11.4 Å². The van der Waals surface area contributed by atoms with Gasteiger partial charge in [0.25, 0.3) is 5.84 Å². The lowest BCUT2D eigenvalue weighted by Gasteiger charge is -2.12. The van der Waals surface area contributed by atoms with Gasteiger partial charge in [0.05, 0.1) is 17.1 Å². The molecule has 0 amide bonds. The van der Waals surface area contributed by atoms with Crippen molar-refractivity contribution in [1.29, 1.82) is 0 Å². The Hall–Kier alpha value is -2.83. The summed E-state index contributed by atoms with van der Waals surface area (Å²) in [6, 6.07) is 12.7. The highest BCUT2D eigenvalue weighted by atomic mass is 35.5. The third-order valence-electron chi connectivity index (χ3n) is 4.55. The van der Waals surface area contributed by atoms with Gasteiger partial charge in [-0.3, -0.25) is 10.7 Å². The molecule has 0 unspecified atom stereocenters. The molecule has 0 bridgehead atoms. The van der Waals surface area contributed by atoms with Gasteiger partial charge in [0.1, 0.15) is 12.4 Å². The van der Waals surface area contributed by atoms with Crippen LogP contribution in [-0.4, -0.2) is 28.9 Å². The van der Waals surface area contributed by atoms with Crippen molar-refractivity contribution < 1.29 is 4.99 Å². The minimum Gasteiger partial charge on any atom is -0.398 e. The zero-order valence-electron chi connectivity index (χ0n) is 16.3. The summed E-state index contributed by atoms with van der Waals surface area (Å²) in [6.07, 6.45) is 0. The molecule has 6 nitrogen and oxygen atoms in total. The van der Waals surface area contributed by atoms with E-state index in [1.54, 1.807) is 12.1 Å². The molecule has 0 atom stereocenters. The fourth-order valence-electron chi connectivity index (χ4n) is 2.81. The summed E-state index contributed by atoms with van der Waals surface area (Å²) in [6.45, 7) is 5.12. The molecule has 0 aliphatic heterocycles. The highest BCUT2D eigenvalue weighted by Crippen LogP contribution is 2.29. The molecule has 2 aromatic carbocycles. The molecule has 8 heteroatoms. The first-order valence-electron chi connectivity index (χ1n) is 9.12. The summed E-state index contributed by atoms with van der Waals surface area (Å²) in [5.41, 5.74) is 16.1. The lowest BCUT2D eigenvalue weighted by molar-refractivity contribution is -0.453. The molecule has 0 saturated carbocycles. The quantitative estimate of drug-likeness (QED) is 0.208. The van der Waals surface area contributed by atoms with E-state index in [2.05, 4.69) is 20.3 Å². The number of rotatable bonds is 6. The number of benzene rings is 2. The molecule has 29 heavy (non-hydrogen) atoms. The van der Waals surface area contributed by atoms with Crippen molar-refractivity contribution in [3.05, 3.63) is 69.3 Å². The fraction of sp³-hybridized carbons (Fsp3) is 0.190. The van der Waals surface area contributed by atoms with Crippen molar-refractivity contribution in [2.45, 2.75) is 13.8 Å². The number of anilines is 2. The SMILES string of the molecule is Cc1nc(-c2ccc(Cl)cc2Cl)nc(NCC[NH+]=C(N)c2ccccc2N)c1C. The van der Waals surface area contributed by atoms with Crippen molar-refractivity contribution in [1.82, 2.24) is 9.97 Å². The summed E-state index contributed by atoms with van der Waals surface area (Å²) in [5, 5.41) is 4.41. The normalized spacial score (nSPS) is 11.5. The Morgan fingerprint density at radius 2 is 1.86 bits per heavy atom. The van der Waals surface area contributed by atoms with Gasteiger partial charge < -0.3 is 11.1 Å². The van der Waals surface area contributed by atoms with E-state index < -0.39 is 0 Å². The molecule has 0 radical (unpaired) electrons. The van der Waals surface area contributed by atoms with Crippen LogP contribution in [0.4, 0.5) is 11.5 Å². The number of nitrogens with two attached hydrogens (primary N) is 2. The Morgan fingerprint density at radius 1 is 1.10 bits per heavy atom. The van der Waals surface area contributed by atoms with E-state index in [9.17, 15) is 0 Å². The maximum atomic E-state index is 6.32. The van der Waals surface area contributed by atoms with Crippen molar-refractivity contribution in [2.24, 2.45) is 5.73 Å². The van der Waals surface area contributed by atoms with Crippen molar-refractivity contribution >= 4 is 40.5 Å². The van der Waals surface area contributed by atoms with E-state index in [0.29, 0.717) is 40.5 Å². The van der Waals surface area contributed by atoms with E-state index in [0.717, 1.165) is 28.2 Å². The number of nitrogens with zero attached hydrogens (tertiary/aromatic N) is 2. The number of amidine groups is 1. The van der Waals surface area contributed by atoms with E-state index in [1.807, 2.05) is 44.2 Å². The monoisotopic (exact) mass is 429 g/mol. The van der Waals surface area contributed by atoms with Crippen LogP contribution in [0.25, 0.3) is 11.4 Å². The lowest BCUT2D eigenvalue weighted by Crippen LogP contribution is -2.77. The topological polar surface area (TPSA) is 104 Å². The van der Waals surface area contributed by atoms with Gasteiger partial charge >= 0.3 is 0 Å². The lowest BCUT2D eigenvalue weighted by atomic mass is 10.1. The second kappa shape index (κ2) is 9.11. The van der Waals surface area contributed by atoms with Gasteiger partial charge in [-0.2, -0.15) is 0 Å². The molecular weight excluding hydrogens is 407 g/mol. The smallest absolute Gasteiger partial charge is 0.274 e. The molecule has 3 aromatic rings. The molecule has 0 saturated heterocycles. The Bertz CT molecular complexity index is 1070. The van der Waals surface area contributed by atoms with Crippen LogP contribution < -0.4 is 21.8 Å². The second-order valence-corrected chi connectivity index (χ2v) is 7.43. The standard InChI is InChI=1S/C21H22Cl2N6/c1-12-13(2)28-21(15-8-7-14(22)11-17(15)23)29-20(12)27-10-9-26-19(25)16-5-3-4-6-18(16)24/h3-8,11H,9-10,24H2,1-2H3,(H2,25,26)(H,27,28,29)/p+1. The summed E-state index contributed by atoms with van der Waals surface area (Å²) < 4.78 is 0. The molecule has 3 rings (SSSR count). The second-order valence-electron chi connectivity index (χ2n) is 6.58. The Labute approximate surface area is 180 Å². The number of hydrogen-bond donors (Lipinski definition) is 4. The van der Waals surface area contributed by atoms with Crippen LogP contribution in [0.5, 0.6) is 0 Å². The van der Waals surface area contributed by atoms with Gasteiger partial charge in [0.2, 0.25) is 0 Å². The Morgan fingerprint density at radius 3 is 2.59 bits per heavy atom. The Balaban J connectivity index is 1.75. The minimum atomic E-state index is 0.510. The van der Waals surface area contributed by atoms with E-state index >= 15 is 0 Å². The van der Waals surface area contributed by atoms with Gasteiger partial charge in [-0.1, -0.05) is 35.3 Å². The van der Waals surface area contributed by atoms with Crippen molar-refractivity contribution in [3.63, 3.8) is 0 Å². The average molecular weight is 430 g/mol. The predicted octanol–water partition coefficient (Wildman–Crippen LogP) is 2.55. The maximum Gasteiger partial charge on any atom is 0.274 e. The number of halogens is 2. The molecule has 6 N–H and O–H groups in total. The molecule has 1 aromatic heterocycles. The summed E-state index contributed by atoms with van der Waals surface area (Å²) in [4.78, 5) is 12.4. The molecule has 0 aliphatic carbocycles. The summed E-state index contributed by atoms with van der Waals surface area (Å²) in [7, 11) is 0. The number of nitrogen functional groups attached to an aromatic ring is 2. The van der Waals surface area contributed by atoms with Crippen LogP contribution in [0.1, 0.15) is 16.8 Å². The van der Waals surface area contributed by atoms with E-state index in [-0.39, 0.29) is 0 Å². The minimum absolute atomic E-state index is 0.510. The number of aryl methyl sites for hydroxylation is 1. The zero-order chi connectivity index (χ0) is 21.0. The first kappa shape index (κ1) is 20.9. The van der Waals surface area contributed by atoms with Crippen LogP contribution in [-0.2, 0) is 0 Å². The predicted molar refractivity (Wildman–Crippen MR) is 120 cm³/mol. The summed E-state index contributed by atoms with van der Waals surface area (Å²) in [5.74, 6) is 1.83. The first-order valence-corrected chi connectivity index (χ1v) is 9.88. The van der Waals surface area contributed by atoms with Gasteiger partial charge in [0, 0.05) is 27.5 Å². The molecule has 0 spiro atoms. The number of aromatic nitrogens is 2. The molecule has 0 fully saturated rings. The Kier molecular flexibility index (Phi) is 6.56. The van der Waals surface area contributed by atoms with Crippen LogP contribution in [0, 0.1) is 13.8 Å². The highest BCUT2D eigenvalue weighted by molar-refractivity contribution is 6.36. The largest absolute Gasteiger partial charge is 0.398 e. The van der Waals surface area contributed by atoms with Gasteiger partial charge in [-0.25, -0.2) is 9.97 Å². The number of nitrogens with one attached hydrogen (secondary N) is 2. The van der Waals surface area contributed by atoms with Gasteiger partial charge in [0.15, 0.2) is 5.82 Å². The van der Waals surface area contributed by atoms with Crippen LogP contribution in [0.2, 0.25) is 10.0 Å². The van der Waals surface area contributed by atoms with E-state index in [1.165, 1.54) is 0 Å². The fourth-order valence-corrected chi connectivity index (χ4v) is 3.30. The first-order chi connectivity index (χ1) is 13.9. The molecule has 150 valence electrons. The molecular formula is C21H23Cl2N6+. The van der Waals surface area contributed by atoms with Gasteiger partial charge in [-0.05, 0) is 44.2 Å². The molecule has 1 heterocycles. The van der Waals surface area contributed by atoms with Crippen LogP contribution in [0.15, 0.2) is 42.5 Å². The third-order valence-corrected chi connectivity index (χ3v) is 5.09. The zero-order valence-corrected chi connectivity index (χ0v) is 17.8.